The second-order valence-electron chi connectivity index (χ2n) is 9.33. The number of para-hydroxylation sites is 1. The number of aryl methyl sites for hydroxylation is 2. The number of nitrogens with one attached hydrogen (secondary N) is 1. The van der Waals surface area contributed by atoms with E-state index in [2.05, 4.69) is 55.2 Å². The van der Waals surface area contributed by atoms with E-state index < -0.39 is 0 Å². The van der Waals surface area contributed by atoms with Crippen LogP contribution in [0.4, 0.5) is 5.69 Å². The third-order valence-electron chi connectivity index (χ3n) is 7.42. The summed E-state index contributed by atoms with van der Waals surface area (Å²) < 4.78 is 0. The minimum Gasteiger partial charge on any atom is -0.369 e. The topological polar surface area (TPSA) is 55.5 Å². The molecule has 6 heteroatoms. The summed E-state index contributed by atoms with van der Waals surface area (Å²) in [5.41, 5.74) is 5.16. The number of anilines is 1. The number of likely N-dealkylation sites (tertiary alicyclic amines) is 1. The highest BCUT2D eigenvalue weighted by molar-refractivity contribution is 5.76. The molecule has 1 atom stereocenters. The Hall–Kier alpha value is -2.34. The fourth-order valence-electron chi connectivity index (χ4n) is 5.60. The lowest BCUT2D eigenvalue weighted by Crippen LogP contribution is -2.55. The Labute approximate surface area is 185 Å². The largest absolute Gasteiger partial charge is 0.369 e. The molecule has 1 aliphatic carbocycles. The number of rotatable bonds is 5. The van der Waals surface area contributed by atoms with Crippen molar-refractivity contribution in [3.63, 3.8) is 0 Å². The zero-order valence-corrected chi connectivity index (χ0v) is 18.6. The van der Waals surface area contributed by atoms with Crippen molar-refractivity contribution in [1.82, 2.24) is 20.0 Å². The van der Waals surface area contributed by atoms with E-state index in [9.17, 15) is 4.79 Å². The van der Waals surface area contributed by atoms with E-state index in [1.165, 1.54) is 36.2 Å². The second kappa shape index (κ2) is 9.43. The quantitative estimate of drug-likeness (QED) is 0.806. The molecule has 5 rings (SSSR count). The van der Waals surface area contributed by atoms with Gasteiger partial charge in [-0.3, -0.25) is 14.8 Å². The SMILES string of the molecule is O=C(CCc1n[nH]c2c1CCCC2)N1CCCC(N2CCN(c3ccccc3)CC2)C1. The first-order valence-electron chi connectivity index (χ1n) is 12.1. The van der Waals surface area contributed by atoms with Crippen molar-refractivity contribution in [2.24, 2.45) is 0 Å². The minimum atomic E-state index is 0.306. The number of benzene rings is 1. The number of hydrogen-bond donors (Lipinski definition) is 1. The van der Waals surface area contributed by atoms with Gasteiger partial charge in [-0.2, -0.15) is 5.10 Å². The number of fused-ring (bicyclic) bond motifs is 1. The smallest absolute Gasteiger partial charge is 0.223 e. The van der Waals surface area contributed by atoms with Crippen LogP contribution in [-0.4, -0.2) is 71.2 Å². The van der Waals surface area contributed by atoms with Gasteiger partial charge >= 0.3 is 0 Å². The van der Waals surface area contributed by atoms with Gasteiger partial charge in [-0.25, -0.2) is 0 Å². The standard InChI is InChI=1S/C25H35N5O/c31-25(13-12-24-22-10-4-5-11-23(22)26-27-24)30-14-6-9-21(19-30)29-17-15-28(16-18-29)20-7-2-1-3-8-20/h1-3,7-8,21H,4-6,9-19H2,(H,26,27). The van der Waals surface area contributed by atoms with E-state index in [-0.39, 0.29) is 0 Å². The van der Waals surface area contributed by atoms with E-state index in [4.69, 9.17) is 0 Å². The average molecular weight is 422 g/mol. The molecule has 2 fully saturated rings. The maximum atomic E-state index is 13.0. The summed E-state index contributed by atoms with van der Waals surface area (Å²) in [5.74, 6) is 0.306. The van der Waals surface area contributed by atoms with Crippen LogP contribution in [0.5, 0.6) is 0 Å². The summed E-state index contributed by atoms with van der Waals surface area (Å²) in [5, 5.41) is 7.74. The number of hydrogen-bond acceptors (Lipinski definition) is 4. The molecule has 0 radical (unpaired) electrons. The van der Waals surface area contributed by atoms with E-state index in [0.717, 1.165) is 70.6 Å². The lowest BCUT2D eigenvalue weighted by molar-refractivity contribution is -0.133. The first-order chi connectivity index (χ1) is 15.3. The van der Waals surface area contributed by atoms with Crippen molar-refractivity contribution in [3.8, 4) is 0 Å². The summed E-state index contributed by atoms with van der Waals surface area (Å²) in [7, 11) is 0. The fourth-order valence-corrected chi connectivity index (χ4v) is 5.60. The Balaban J connectivity index is 1.12. The average Bonchev–Trinajstić information content (AvgIpc) is 3.26. The van der Waals surface area contributed by atoms with Crippen molar-refractivity contribution in [1.29, 1.82) is 0 Å². The zero-order chi connectivity index (χ0) is 21.0. The van der Waals surface area contributed by atoms with Gasteiger partial charge in [-0.05, 0) is 56.2 Å². The van der Waals surface area contributed by atoms with Crippen molar-refractivity contribution < 1.29 is 4.79 Å². The number of amides is 1. The second-order valence-corrected chi connectivity index (χ2v) is 9.33. The highest BCUT2D eigenvalue weighted by Crippen LogP contribution is 2.24. The molecule has 31 heavy (non-hydrogen) atoms. The molecule has 1 N–H and O–H groups in total. The van der Waals surface area contributed by atoms with Crippen LogP contribution in [0.1, 0.15) is 49.1 Å². The first kappa shape index (κ1) is 20.6. The summed E-state index contributed by atoms with van der Waals surface area (Å²) in [6.45, 7) is 6.11. The number of piperazine rings is 1. The van der Waals surface area contributed by atoms with Crippen LogP contribution in [0.15, 0.2) is 30.3 Å². The zero-order valence-electron chi connectivity index (χ0n) is 18.6. The van der Waals surface area contributed by atoms with Crippen LogP contribution >= 0.6 is 0 Å². The van der Waals surface area contributed by atoms with Gasteiger partial charge in [0.05, 0.1) is 5.69 Å². The lowest BCUT2D eigenvalue weighted by atomic mass is 9.94. The summed E-state index contributed by atoms with van der Waals surface area (Å²) in [6.07, 6.45) is 8.43. The monoisotopic (exact) mass is 421 g/mol. The number of H-pyrrole nitrogens is 1. The molecule has 2 saturated heterocycles. The lowest BCUT2D eigenvalue weighted by Gasteiger charge is -2.44. The van der Waals surface area contributed by atoms with E-state index >= 15 is 0 Å². The maximum absolute atomic E-state index is 13.0. The Kier molecular flexibility index (Phi) is 6.25. The van der Waals surface area contributed by atoms with Crippen molar-refractivity contribution in [3.05, 3.63) is 47.3 Å². The molecule has 2 aromatic rings. The molecule has 2 aliphatic heterocycles. The van der Waals surface area contributed by atoms with Crippen LogP contribution < -0.4 is 4.90 Å². The number of nitrogens with zero attached hydrogens (tertiary/aromatic N) is 4. The van der Waals surface area contributed by atoms with Gasteiger partial charge in [-0.1, -0.05) is 18.2 Å². The highest BCUT2D eigenvalue weighted by atomic mass is 16.2. The Morgan fingerprint density at radius 3 is 2.65 bits per heavy atom. The van der Waals surface area contributed by atoms with Gasteiger partial charge in [0.1, 0.15) is 0 Å². The molecule has 0 saturated carbocycles. The number of carbonyl (C=O) groups excluding carboxylic acids is 1. The van der Waals surface area contributed by atoms with Gasteiger partial charge in [-0.15, -0.1) is 0 Å². The molecule has 0 spiro atoms. The molecule has 3 aliphatic rings. The predicted octanol–water partition coefficient (Wildman–Crippen LogP) is 3.03. The third-order valence-corrected chi connectivity index (χ3v) is 7.42. The van der Waals surface area contributed by atoms with Crippen molar-refractivity contribution >= 4 is 11.6 Å². The first-order valence-corrected chi connectivity index (χ1v) is 12.1. The number of aromatic nitrogens is 2. The van der Waals surface area contributed by atoms with Crippen molar-refractivity contribution in [2.75, 3.05) is 44.2 Å². The van der Waals surface area contributed by atoms with Gasteiger partial charge in [0.25, 0.3) is 0 Å². The summed E-state index contributed by atoms with van der Waals surface area (Å²) in [6, 6.07) is 11.2. The van der Waals surface area contributed by atoms with Crippen LogP contribution in [0.3, 0.4) is 0 Å². The van der Waals surface area contributed by atoms with E-state index in [0.29, 0.717) is 18.4 Å². The van der Waals surface area contributed by atoms with Crippen LogP contribution in [0, 0.1) is 0 Å². The third kappa shape index (κ3) is 4.64. The highest BCUT2D eigenvalue weighted by Gasteiger charge is 2.30. The molecule has 1 amide bonds. The molecule has 1 aromatic heterocycles. The van der Waals surface area contributed by atoms with Gasteiger partial charge < -0.3 is 9.80 Å². The van der Waals surface area contributed by atoms with Crippen LogP contribution in [0.25, 0.3) is 0 Å². The Bertz CT molecular complexity index is 871. The molecule has 6 nitrogen and oxygen atoms in total. The number of aromatic amines is 1. The number of piperidine rings is 1. The van der Waals surface area contributed by atoms with Gasteiger partial charge in [0.2, 0.25) is 5.91 Å². The maximum Gasteiger partial charge on any atom is 0.223 e. The normalized spacial score (nSPS) is 22.4. The van der Waals surface area contributed by atoms with Crippen LogP contribution in [0.2, 0.25) is 0 Å². The fraction of sp³-hybridized carbons (Fsp3) is 0.600. The molecule has 1 unspecified atom stereocenters. The van der Waals surface area contributed by atoms with E-state index in [1.807, 2.05) is 0 Å². The predicted molar refractivity (Wildman–Crippen MR) is 123 cm³/mol. The molecule has 0 bridgehead atoms. The minimum absolute atomic E-state index is 0.306. The summed E-state index contributed by atoms with van der Waals surface area (Å²) in [4.78, 5) is 20.2. The summed E-state index contributed by atoms with van der Waals surface area (Å²) >= 11 is 0. The number of carbonyl (C=O) groups is 1. The van der Waals surface area contributed by atoms with E-state index in [1.54, 1.807) is 0 Å². The Morgan fingerprint density at radius 1 is 1.00 bits per heavy atom. The van der Waals surface area contributed by atoms with Crippen molar-refractivity contribution in [2.45, 2.75) is 57.4 Å². The van der Waals surface area contributed by atoms with Gasteiger partial charge in [0.15, 0.2) is 0 Å². The molecule has 166 valence electrons. The molecule has 3 heterocycles. The molecular formula is C25H35N5O. The van der Waals surface area contributed by atoms with Crippen LogP contribution in [-0.2, 0) is 24.1 Å². The van der Waals surface area contributed by atoms with Gasteiger partial charge in [0, 0.05) is 69.5 Å². The molecular weight excluding hydrogens is 386 g/mol. The Morgan fingerprint density at radius 2 is 1.81 bits per heavy atom. The molecule has 1 aromatic carbocycles.